The van der Waals surface area contributed by atoms with Gasteiger partial charge < -0.3 is 14.7 Å². The van der Waals surface area contributed by atoms with Gasteiger partial charge in [-0.1, -0.05) is 19.1 Å². The molecule has 2 atom stereocenters. The monoisotopic (exact) mass is 387 g/mol. The van der Waals surface area contributed by atoms with Crippen LogP contribution in [0, 0.1) is 5.82 Å². The topological polar surface area (TPSA) is 78.5 Å². The molecule has 0 aliphatic carbocycles. The lowest BCUT2D eigenvalue weighted by Gasteiger charge is -2.47. The molecule has 1 spiro atoms. The number of nitrogens with one attached hydrogen (secondary N) is 1. The maximum atomic E-state index is 13.6. The Morgan fingerprint density at radius 1 is 1.43 bits per heavy atom. The minimum atomic E-state index is -0.358. The van der Waals surface area contributed by atoms with Crippen LogP contribution in [-0.4, -0.2) is 57.0 Å². The standard InChI is InChI=1S/C21H26FN3O3/c1-2-17-11-16(26)12-21(28-17)6-8-25(9-7-21)20(27)18-13-23-24-19(18)14-4-3-5-15(22)10-14/h3-5,10,13,16-17,26H,2,6-9,11-12H2,1H3,(H,23,24)/t16-,17+/m1/s1. The number of rotatable bonds is 3. The van der Waals surface area contributed by atoms with Gasteiger partial charge in [0.2, 0.25) is 0 Å². The van der Waals surface area contributed by atoms with E-state index in [9.17, 15) is 14.3 Å². The van der Waals surface area contributed by atoms with E-state index in [0.29, 0.717) is 55.6 Å². The Kier molecular flexibility index (Phi) is 5.21. The molecule has 150 valence electrons. The zero-order valence-corrected chi connectivity index (χ0v) is 16.0. The Morgan fingerprint density at radius 3 is 2.93 bits per heavy atom. The van der Waals surface area contributed by atoms with Crippen molar-refractivity contribution in [2.24, 2.45) is 0 Å². The molecule has 7 heteroatoms. The number of hydrogen-bond donors (Lipinski definition) is 2. The van der Waals surface area contributed by atoms with E-state index in [4.69, 9.17) is 4.74 Å². The van der Waals surface area contributed by atoms with Gasteiger partial charge in [0.15, 0.2) is 0 Å². The van der Waals surface area contributed by atoms with Gasteiger partial charge in [-0.2, -0.15) is 5.10 Å². The number of aromatic nitrogens is 2. The second-order valence-electron chi connectivity index (χ2n) is 7.89. The van der Waals surface area contributed by atoms with E-state index in [0.717, 1.165) is 6.42 Å². The van der Waals surface area contributed by atoms with Crippen molar-refractivity contribution in [3.8, 4) is 11.3 Å². The average molecular weight is 387 g/mol. The molecule has 2 fully saturated rings. The largest absolute Gasteiger partial charge is 0.393 e. The molecule has 1 amide bonds. The Balaban J connectivity index is 1.48. The molecule has 2 saturated heterocycles. The number of carbonyl (C=O) groups excluding carboxylic acids is 1. The smallest absolute Gasteiger partial charge is 0.257 e. The summed E-state index contributed by atoms with van der Waals surface area (Å²) in [5, 5.41) is 17.1. The molecule has 3 heterocycles. The van der Waals surface area contributed by atoms with Crippen LogP contribution in [0.25, 0.3) is 11.3 Å². The maximum absolute atomic E-state index is 13.6. The molecular weight excluding hydrogens is 361 g/mol. The van der Waals surface area contributed by atoms with E-state index < -0.39 is 0 Å². The summed E-state index contributed by atoms with van der Waals surface area (Å²) in [5.41, 5.74) is 1.23. The van der Waals surface area contributed by atoms with Crippen LogP contribution in [0.3, 0.4) is 0 Å². The molecule has 2 aliphatic rings. The number of aliphatic hydroxyl groups excluding tert-OH is 1. The zero-order valence-electron chi connectivity index (χ0n) is 16.0. The lowest BCUT2D eigenvalue weighted by molar-refractivity contribution is -0.179. The summed E-state index contributed by atoms with van der Waals surface area (Å²) in [6.45, 7) is 3.20. The molecule has 1 aromatic heterocycles. The second kappa shape index (κ2) is 7.64. The van der Waals surface area contributed by atoms with E-state index in [2.05, 4.69) is 17.1 Å². The summed E-state index contributed by atoms with van der Waals surface area (Å²) in [4.78, 5) is 14.9. The predicted octanol–water partition coefficient (Wildman–Crippen LogP) is 3.14. The van der Waals surface area contributed by atoms with Crippen LogP contribution in [0.5, 0.6) is 0 Å². The molecule has 2 N–H and O–H groups in total. The third-order valence-electron chi connectivity index (χ3n) is 5.96. The Labute approximate surface area is 163 Å². The number of aromatic amines is 1. The molecular formula is C21H26FN3O3. The highest BCUT2D eigenvalue weighted by Crippen LogP contribution is 2.38. The van der Waals surface area contributed by atoms with Gasteiger partial charge in [0.25, 0.3) is 5.91 Å². The highest BCUT2D eigenvalue weighted by molar-refractivity contribution is 5.99. The van der Waals surface area contributed by atoms with Gasteiger partial charge in [-0.3, -0.25) is 9.89 Å². The summed E-state index contributed by atoms with van der Waals surface area (Å²) in [6, 6.07) is 6.12. The second-order valence-corrected chi connectivity index (χ2v) is 7.89. The van der Waals surface area contributed by atoms with Gasteiger partial charge in [0.05, 0.1) is 35.3 Å². The fourth-order valence-corrected chi connectivity index (χ4v) is 4.44. The van der Waals surface area contributed by atoms with E-state index >= 15 is 0 Å². The minimum Gasteiger partial charge on any atom is -0.393 e. The van der Waals surface area contributed by atoms with Crippen molar-refractivity contribution in [2.45, 2.75) is 56.8 Å². The van der Waals surface area contributed by atoms with Crippen LogP contribution in [0.4, 0.5) is 4.39 Å². The van der Waals surface area contributed by atoms with E-state index in [1.54, 1.807) is 17.0 Å². The van der Waals surface area contributed by atoms with Crippen molar-refractivity contribution in [1.29, 1.82) is 0 Å². The average Bonchev–Trinajstić information content (AvgIpc) is 3.17. The first-order valence-corrected chi connectivity index (χ1v) is 9.94. The van der Waals surface area contributed by atoms with Crippen LogP contribution in [0.15, 0.2) is 30.5 Å². The van der Waals surface area contributed by atoms with Crippen molar-refractivity contribution < 1.29 is 19.0 Å². The number of ether oxygens (including phenoxy) is 1. The number of aliphatic hydroxyl groups is 1. The van der Waals surface area contributed by atoms with Crippen LogP contribution in [-0.2, 0) is 4.74 Å². The first-order chi connectivity index (χ1) is 13.5. The van der Waals surface area contributed by atoms with Crippen molar-refractivity contribution >= 4 is 5.91 Å². The summed E-state index contributed by atoms with van der Waals surface area (Å²) in [5.74, 6) is -0.477. The molecule has 0 bridgehead atoms. The molecule has 0 saturated carbocycles. The fraction of sp³-hybridized carbons (Fsp3) is 0.524. The summed E-state index contributed by atoms with van der Waals surface area (Å²) in [7, 11) is 0. The normalized spacial score (nSPS) is 24.5. The first-order valence-electron chi connectivity index (χ1n) is 9.94. The molecule has 0 radical (unpaired) electrons. The fourth-order valence-electron chi connectivity index (χ4n) is 4.44. The Morgan fingerprint density at radius 2 is 2.21 bits per heavy atom. The number of H-pyrrole nitrogens is 1. The zero-order chi connectivity index (χ0) is 19.7. The Hall–Kier alpha value is -2.25. The van der Waals surface area contributed by atoms with Crippen molar-refractivity contribution in [3.63, 3.8) is 0 Å². The van der Waals surface area contributed by atoms with Crippen LogP contribution >= 0.6 is 0 Å². The Bertz CT molecular complexity index is 845. The number of likely N-dealkylation sites (tertiary alicyclic amines) is 1. The highest BCUT2D eigenvalue weighted by Gasteiger charge is 2.43. The van der Waals surface area contributed by atoms with Gasteiger partial charge in [-0.15, -0.1) is 0 Å². The van der Waals surface area contributed by atoms with E-state index in [-0.39, 0.29) is 29.5 Å². The van der Waals surface area contributed by atoms with Gasteiger partial charge in [0, 0.05) is 25.1 Å². The third kappa shape index (κ3) is 3.69. The first kappa shape index (κ1) is 19.1. The predicted molar refractivity (Wildman–Crippen MR) is 102 cm³/mol. The molecule has 28 heavy (non-hydrogen) atoms. The van der Waals surface area contributed by atoms with E-state index in [1.807, 2.05) is 0 Å². The number of hydrogen-bond acceptors (Lipinski definition) is 4. The quantitative estimate of drug-likeness (QED) is 0.848. The van der Waals surface area contributed by atoms with Crippen molar-refractivity contribution in [2.75, 3.05) is 13.1 Å². The molecule has 6 nitrogen and oxygen atoms in total. The lowest BCUT2D eigenvalue weighted by atomic mass is 9.81. The lowest BCUT2D eigenvalue weighted by Crippen LogP contribution is -2.53. The number of piperidine rings is 1. The molecule has 4 rings (SSSR count). The van der Waals surface area contributed by atoms with Gasteiger partial charge in [-0.05, 0) is 37.8 Å². The summed E-state index contributed by atoms with van der Waals surface area (Å²) >= 11 is 0. The van der Waals surface area contributed by atoms with Crippen LogP contribution in [0.2, 0.25) is 0 Å². The maximum Gasteiger partial charge on any atom is 0.257 e. The van der Waals surface area contributed by atoms with Crippen molar-refractivity contribution in [3.05, 3.63) is 41.8 Å². The summed E-state index contributed by atoms with van der Waals surface area (Å²) < 4.78 is 19.9. The van der Waals surface area contributed by atoms with Crippen molar-refractivity contribution in [1.82, 2.24) is 15.1 Å². The SMILES string of the molecule is CC[C@H]1C[C@@H](O)CC2(CCN(C(=O)c3cn[nH]c3-c3cccc(F)c3)CC2)O1. The van der Waals surface area contributed by atoms with E-state index in [1.165, 1.54) is 18.3 Å². The number of nitrogens with zero attached hydrogens (tertiary/aromatic N) is 2. The van der Waals surface area contributed by atoms with Crippen LogP contribution < -0.4 is 0 Å². The minimum absolute atomic E-state index is 0.0828. The number of amides is 1. The molecule has 2 aliphatic heterocycles. The molecule has 2 aromatic rings. The number of benzene rings is 1. The van der Waals surface area contributed by atoms with Gasteiger partial charge >= 0.3 is 0 Å². The number of halogens is 1. The van der Waals surface area contributed by atoms with Gasteiger partial charge in [-0.25, -0.2) is 4.39 Å². The number of carbonyl (C=O) groups is 1. The molecule has 0 unspecified atom stereocenters. The third-order valence-corrected chi connectivity index (χ3v) is 5.96. The highest BCUT2D eigenvalue weighted by atomic mass is 19.1. The summed E-state index contributed by atoms with van der Waals surface area (Å²) in [6.07, 6.45) is 4.86. The van der Waals surface area contributed by atoms with Gasteiger partial charge in [0.1, 0.15) is 5.82 Å². The van der Waals surface area contributed by atoms with Crippen LogP contribution in [0.1, 0.15) is 49.4 Å². The molecule has 1 aromatic carbocycles.